The highest BCUT2D eigenvalue weighted by molar-refractivity contribution is 9.10. The molecule has 0 heterocycles. The monoisotopic (exact) mass is 299 g/mol. The van der Waals surface area contributed by atoms with E-state index in [0.29, 0.717) is 11.3 Å². The first-order valence-corrected chi connectivity index (χ1v) is 5.93. The molecule has 0 saturated carbocycles. The Hall–Kier alpha value is -1.36. The second-order valence-corrected chi connectivity index (χ2v) is 4.73. The Bertz CT molecular complexity index is 445. The van der Waals surface area contributed by atoms with E-state index in [-0.39, 0.29) is 12.4 Å². The molecule has 0 fully saturated rings. The normalized spacial score (nSPS) is 11.9. The number of hydrogen-bond acceptors (Lipinski definition) is 3. The van der Waals surface area contributed by atoms with Crippen molar-refractivity contribution >= 4 is 27.6 Å². The number of ether oxygens (including phenoxy) is 1. The van der Waals surface area contributed by atoms with Crippen molar-refractivity contribution in [3.8, 4) is 5.75 Å². The van der Waals surface area contributed by atoms with Crippen LogP contribution in [-0.2, 0) is 4.79 Å². The van der Waals surface area contributed by atoms with Crippen LogP contribution in [0.4, 0.5) is 0 Å². The number of rotatable bonds is 5. The van der Waals surface area contributed by atoms with Crippen LogP contribution < -0.4 is 10.5 Å². The number of ketones is 1. The Labute approximate surface area is 108 Å². The number of hydrogen-bond donors (Lipinski definition) is 1. The first-order valence-electron chi connectivity index (χ1n) is 5.14. The number of primary amides is 1. The molecule has 0 aliphatic heterocycles. The Kier molecular flexibility index (Phi) is 4.69. The van der Waals surface area contributed by atoms with Crippen LogP contribution in [0.15, 0.2) is 22.7 Å². The lowest BCUT2D eigenvalue weighted by molar-refractivity contribution is -0.122. The van der Waals surface area contributed by atoms with Crippen LogP contribution in [0.1, 0.15) is 24.2 Å². The molecule has 17 heavy (non-hydrogen) atoms. The predicted molar refractivity (Wildman–Crippen MR) is 68.0 cm³/mol. The van der Waals surface area contributed by atoms with Gasteiger partial charge in [0.2, 0.25) is 5.91 Å². The molecule has 0 aromatic heterocycles. The van der Waals surface area contributed by atoms with Crippen LogP contribution in [0.5, 0.6) is 5.75 Å². The fourth-order valence-corrected chi connectivity index (χ4v) is 1.56. The second-order valence-electron chi connectivity index (χ2n) is 3.81. The first-order chi connectivity index (χ1) is 7.91. The summed E-state index contributed by atoms with van der Waals surface area (Å²) in [6, 6.07) is 5.15. The van der Waals surface area contributed by atoms with Crippen LogP contribution in [0.3, 0.4) is 0 Å². The number of halogens is 1. The van der Waals surface area contributed by atoms with Gasteiger partial charge in [0, 0.05) is 4.47 Å². The lowest BCUT2D eigenvalue weighted by atomic mass is 10.1. The number of carbonyl (C=O) groups excluding carboxylic acids is 2. The van der Waals surface area contributed by atoms with Crippen molar-refractivity contribution in [3.05, 3.63) is 28.2 Å². The molecule has 1 aromatic rings. The van der Waals surface area contributed by atoms with Gasteiger partial charge in [0.25, 0.3) is 0 Å². The molecule has 1 amide bonds. The average molecular weight is 300 g/mol. The topological polar surface area (TPSA) is 69.4 Å². The van der Waals surface area contributed by atoms with Crippen LogP contribution in [0.2, 0.25) is 0 Å². The minimum atomic E-state index is -0.425. The zero-order valence-electron chi connectivity index (χ0n) is 9.70. The number of benzene rings is 1. The standard InChI is InChI=1S/C12H14BrNO3/c1-7(12(14)16)6-17-11-4-3-9(13)5-10(11)8(2)15/h3-5,7H,6H2,1-2H3,(H2,14,16). The third-order valence-corrected chi connectivity index (χ3v) is 2.79. The molecule has 1 rings (SSSR count). The molecule has 5 heteroatoms. The Morgan fingerprint density at radius 2 is 2.12 bits per heavy atom. The fraction of sp³-hybridized carbons (Fsp3) is 0.333. The summed E-state index contributed by atoms with van der Waals surface area (Å²) >= 11 is 3.29. The van der Waals surface area contributed by atoms with Gasteiger partial charge in [-0.05, 0) is 25.1 Å². The van der Waals surface area contributed by atoms with E-state index in [2.05, 4.69) is 15.9 Å². The molecule has 2 N–H and O–H groups in total. The van der Waals surface area contributed by atoms with Crippen molar-refractivity contribution < 1.29 is 14.3 Å². The van der Waals surface area contributed by atoms with E-state index in [1.807, 2.05) is 0 Å². The van der Waals surface area contributed by atoms with Gasteiger partial charge in [-0.3, -0.25) is 9.59 Å². The van der Waals surface area contributed by atoms with Crippen LogP contribution >= 0.6 is 15.9 Å². The zero-order chi connectivity index (χ0) is 13.0. The van der Waals surface area contributed by atoms with E-state index in [1.165, 1.54) is 6.92 Å². The molecule has 4 nitrogen and oxygen atoms in total. The van der Waals surface area contributed by atoms with E-state index in [9.17, 15) is 9.59 Å². The van der Waals surface area contributed by atoms with Crippen LogP contribution in [-0.4, -0.2) is 18.3 Å². The third kappa shape index (κ3) is 3.85. The molecular formula is C12H14BrNO3. The summed E-state index contributed by atoms with van der Waals surface area (Å²) in [4.78, 5) is 22.3. The van der Waals surface area contributed by atoms with Crippen LogP contribution in [0, 0.1) is 5.92 Å². The van der Waals surface area contributed by atoms with Crippen molar-refractivity contribution in [2.24, 2.45) is 11.7 Å². The van der Waals surface area contributed by atoms with Crippen LogP contribution in [0.25, 0.3) is 0 Å². The summed E-state index contributed by atoms with van der Waals surface area (Å²) in [5.41, 5.74) is 5.61. The van der Waals surface area contributed by atoms with Gasteiger partial charge in [-0.1, -0.05) is 22.9 Å². The molecule has 0 bridgehead atoms. The minimum Gasteiger partial charge on any atom is -0.492 e. The van der Waals surface area contributed by atoms with Gasteiger partial charge in [-0.2, -0.15) is 0 Å². The Balaban J connectivity index is 2.84. The Morgan fingerprint density at radius 1 is 1.47 bits per heavy atom. The van der Waals surface area contributed by atoms with Crippen molar-refractivity contribution in [2.75, 3.05) is 6.61 Å². The number of nitrogens with two attached hydrogens (primary N) is 1. The van der Waals surface area contributed by atoms with Gasteiger partial charge in [0.1, 0.15) is 5.75 Å². The van der Waals surface area contributed by atoms with Gasteiger partial charge in [-0.15, -0.1) is 0 Å². The Morgan fingerprint density at radius 3 is 2.65 bits per heavy atom. The minimum absolute atomic E-state index is 0.0898. The third-order valence-electron chi connectivity index (χ3n) is 2.30. The number of amides is 1. The summed E-state index contributed by atoms with van der Waals surface area (Å²) < 4.78 is 6.24. The largest absolute Gasteiger partial charge is 0.492 e. The van der Waals surface area contributed by atoms with Crippen molar-refractivity contribution in [3.63, 3.8) is 0 Å². The summed E-state index contributed by atoms with van der Waals surface area (Å²) in [6.45, 7) is 3.30. The molecule has 1 atom stereocenters. The molecular weight excluding hydrogens is 286 g/mol. The molecule has 0 aliphatic rings. The van der Waals surface area contributed by atoms with Crippen molar-refractivity contribution in [1.29, 1.82) is 0 Å². The summed E-state index contributed by atoms with van der Waals surface area (Å²) in [6.07, 6.45) is 0. The average Bonchev–Trinajstić information content (AvgIpc) is 2.26. The summed E-state index contributed by atoms with van der Waals surface area (Å²) in [5.74, 6) is -0.438. The second kappa shape index (κ2) is 5.82. The maximum Gasteiger partial charge on any atom is 0.223 e. The van der Waals surface area contributed by atoms with E-state index in [4.69, 9.17) is 10.5 Å². The highest BCUT2D eigenvalue weighted by Gasteiger charge is 2.13. The molecule has 0 radical (unpaired) electrons. The van der Waals surface area contributed by atoms with E-state index in [0.717, 1.165) is 4.47 Å². The fourth-order valence-electron chi connectivity index (χ4n) is 1.20. The van der Waals surface area contributed by atoms with E-state index < -0.39 is 11.8 Å². The van der Waals surface area contributed by atoms with Gasteiger partial charge < -0.3 is 10.5 Å². The van der Waals surface area contributed by atoms with Gasteiger partial charge in [0.15, 0.2) is 5.78 Å². The smallest absolute Gasteiger partial charge is 0.223 e. The molecule has 1 unspecified atom stereocenters. The SMILES string of the molecule is CC(=O)c1cc(Br)ccc1OCC(C)C(N)=O. The first kappa shape index (κ1) is 13.7. The van der Waals surface area contributed by atoms with Gasteiger partial charge in [-0.25, -0.2) is 0 Å². The van der Waals surface area contributed by atoms with Crippen molar-refractivity contribution in [2.45, 2.75) is 13.8 Å². The van der Waals surface area contributed by atoms with Crippen molar-refractivity contribution in [1.82, 2.24) is 0 Å². The van der Waals surface area contributed by atoms with E-state index in [1.54, 1.807) is 25.1 Å². The molecule has 0 spiro atoms. The maximum atomic E-state index is 11.4. The zero-order valence-corrected chi connectivity index (χ0v) is 11.3. The predicted octanol–water partition coefficient (Wildman–Crippen LogP) is 2.15. The highest BCUT2D eigenvalue weighted by Crippen LogP contribution is 2.24. The van der Waals surface area contributed by atoms with E-state index >= 15 is 0 Å². The highest BCUT2D eigenvalue weighted by atomic mass is 79.9. The maximum absolute atomic E-state index is 11.4. The quantitative estimate of drug-likeness (QED) is 0.847. The molecule has 0 saturated heterocycles. The number of carbonyl (C=O) groups is 2. The lowest BCUT2D eigenvalue weighted by Crippen LogP contribution is -2.26. The molecule has 0 aliphatic carbocycles. The molecule has 1 aromatic carbocycles. The number of Topliss-reactive ketones (excluding diaryl/α,β-unsaturated/α-hetero) is 1. The molecule has 92 valence electrons. The van der Waals surface area contributed by atoms with Gasteiger partial charge >= 0.3 is 0 Å². The summed E-state index contributed by atoms with van der Waals surface area (Å²) in [5, 5.41) is 0. The van der Waals surface area contributed by atoms with Gasteiger partial charge in [0.05, 0.1) is 18.1 Å². The summed E-state index contributed by atoms with van der Waals surface area (Å²) in [7, 11) is 0. The lowest BCUT2D eigenvalue weighted by Gasteiger charge is -2.12.